The molecule has 0 aromatic heterocycles. The zero-order valence-electron chi connectivity index (χ0n) is 15.5. The van der Waals surface area contributed by atoms with E-state index >= 15 is 0 Å². The van der Waals surface area contributed by atoms with Gasteiger partial charge in [0, 0.05) is 12.7 Å². The number of amides is 1. The Bertz CT molecular complexity index is 953. The van der Waals surface area contributed by atoms with Crippen LogP contribution in [0.1, 0.15) is 23.2 Å². The fourth-order valence-corrected chi connectivity index (χ4v) is 2.97. The maximum absolute atomic E-state index is 12.0. The Balaban J connectivity index is 1.83. The predicted molar refractivity (Wildman–Crippen MR) is 102 cm³/mol. The van der Waals surface area contributed by atoms with Crippen molar-refractivity contribution in [1.29, 1.82) is 0 Å². The van der Waals surface area contributed by atoms with E-state index in [2.05, 4.69) is 10.1 Å². The number of benzene rings is 2. The number of anilines is 1. The van der Waals surface area contributed by atoms with Crippen molar-refractivity contribution in [3.8, 4) is 11.5 Å². The number of carbonyl (C=O) groups is 2. The lowest BCUT2D eigenvalue weighted by molar-refractivity contribution is -0.116. The van der Waals surface area contributed by atoms with Crippen molar-refractivity contribution in [2.45, 2.75) is 17.7 Å². The van der Waals surface area contributed by atoms with Crippen molar-refractivity contribution < 1.29 is 32.6 Å². The molecule has 2 rings (SSSR count). The molecule has 0 saturated heterocycles. The zero-order chi connectivity index (χ0) is 20.7. The molecule has 0 unspecified atom stereocenters. The van der Waals surface area contributed by atoms with Crippen LogP contribution >= 0.6 is 0 Å². The van der Waals surface area contributed by atoms with Gasteiger partial charge in [-0.05, 0) is 42.8 Å². The first-order valence-corrected chi connectivity index (χ1v) is 10.2. The average Bonchev–Trinajstić information content (AvgIpc) is 2.66. The third-order valence-electron chi connectivity index (χ3n) is 3.78. The molecule has 150 valence electrons. The molecular formula is C19H21NO7S. The molecule has 2 N–H and O–H groups in total. The topological polar surface area (TPSA) is 119 Å². The smallest absolute Gasteiger partial charge is 0.341 e. The largest absolute Gasteiger partial charge is 0.505 e. The molecule has 0 atom stereocenters. The highest BCUT2D eigenvalue weighted by atomic mass is 32.2. The van der Waals surface area contributed by atoms with Crippen LogP contribution < -0.4 is 10.1 Å². The number of para-hydroxylation sites is 1. The van der Waals surface area contributed by atoms with Gasteiger partial charge in [0.05, 0.1) is 24.3 Å². The zero-order valence-corrected chi connectivity index (χ0v) is 16.3. The van der Waals surface area contributed by atoms with E-state index < -0.39 is 15.8 Å². The maximum Gasteiger partial charge on any atom is 0.341 e. The Labute approximate surface area is 163 Å². The van der Waals surface area contributed by atoms with Gasteiger partial charge < -0.3 is 19.9 Å². The van der Waals surface area contributed by atoms with E-state index in [1.807, 2.05) is 0 Å². The Kier molecular flexibility index (Phi) is 7.00. The van der Waals surface area contributed by atoms with E-state index in [0.717, 1.165) is 6.26 Å². The van der Waals surface area contributed by atoms with Crippen molar-refractivity contribution in [3.63, 3.8) is 0 Å². The number of sulfone groups is 1. The van der Waals surface area contributed by atoms with E-state index in [1.54, 1.807) is 12.1 Å². The molecule has 2 aromatic rings. The summed E-state index contributed by atoms with van der Waals surface area (Å²) < 4.78 is 32.8. The summed E-state index contributed by atoms with van der Waals surface area (Å²) in [7, 11) is -2.06. The summed E-state index contributed by atoms with van der Waals surface area (Å²) in [6, 6.07) is 10.4. The minimum Gasteiger partial charge on any atom is -0.505 e. The van der Waals surface area contributed by atoms with E-state index in [4.69, 9.17) is 4.74 Å². The van der Waals surface area contributed by atoms with Crippen molar-refractivity contribution in [2.75, 3.05) is 25.3 Å². The molecule has 0 aliphatic rings. The molecule has 1 amide bonds. The average molecular weight is 407 g/mol. The van der Waals surface area contributed by atoms with Crippen LogP contribution in [0, 0.1) is 0 Å². The first kappa shape index (κ1) is 21.2. The number of nitrogens with one attached hydrogen (secondary N) is 1. The van der Waals surface area contributed by atoms with Crippen LogP contribution in [0.5, 0.6) is 11.5 Å². The van der Waals surface area contributed by atoms with Gasteiger partial charge in [-0.15, -0.1) is 0 Å². The third-order valence-corrected chi connectivity index (χ3v) is 4.91. The van der Waals surface area contributed by atoms with Crippen molar-refractivity contribution in [3.05, 3.63) is 48.0 Å². The normalized spacial score (nSPS) is 10.9. The van der Waals surface area contributed by atoms with Gasteiger partial charge in [0.1, 0.15) is 11.3 Å². The summed E-state index contributed by atoms with van der Waals surface area (Å²) in [5.41, 5.74) is 0.0753. The second-order valence-corrected chi connectivity index (χ2v) is 7.95. The van der Waals surface area contributed by atoms with Gasteiger partial charge in [-0.1, -0.05) is 6.07 Å². The number of methoxy groups -OCH3 is 1. The lowest BCUT2D eigenvalue weighted by atomic mass is 10.1. The molecule has 0 bridgehead atoms. The first-order valence-electron chi connectivity index (χ1n) is 8.35. The van der Waals surface area contributed by atoms with E-state index in [-0.39, 0.29) is 40.8 Å². The summed E-state index contributed by atoms with van der Waals surface area (Å²) in [6.45, 7) is 0.250. The van der Waals surface area contributed by atoms with Crippen LogP contribution in [0.15, 0.2) is 47.4 Å². The molecule has 8 nitrogen and oxygen atoms in total. The monoisotopic (exact) mass is 407 g/mol. The van der Waals surface area contributed by atoms with Crippen LogP contribution in [0.2, 0.25) is 0 Å². The van der Waals surface area contributed by atoms with Gasteiger partial charge in [0.2, 0.25) is 5.91 Å². The van der Waals surface area contributed by atoms with Crippen LogP contribution in [-0.2, 0) is 19.4 Å². The number of esters is 1. The molecule has 0 radical (unpaired) electrons. The van der Waals surface area contributed by atoms with E-state index in [9.17, 15) is 23.1 Å². The molecule has 0 aliphatic carbocycles. The third kappa shape index (κ3) is 5.71. The molecule has 2 aromatic carbocycles. The Hall–Kier alpha value is -3.07. The number of phenolic OH excluding ortho intramolecular Hbond substituents is 1. The van der Waals surface area contributed by atoms with Gasteiger partial charge in [0.25, 0.3) is 0 Å². The number of phenols is 1. The number of carbonyl (C=O) groups excluding carboxylic acids is 2. The Morgan fingerprint density at radius 1 is 1.11 bits per heavy atom. The fraction of sp³-hybridized carbons (Fsp3) is 0.263. The Morgan fingerprint density at radius 3 is 2.39 bits per heavy atom. The summed E-state index contributed by atoms with van der Waals surface area (Å²) in [5.74, 6) is -0.918. The molecule has 0 heterocycles. The van der Waals surface area contributed by atoms with Gasteiger partial charge >= 0.3 is 5.97 Å². The summed E-state index contributed by atoms with van der Waals surface area (Å²) in [4.78, 5) is 23.8. The van der Waals surface area contributed by atoms with Crippen LogP contribution in [0.3, 0.4) is 0 Å². The van der Waals surface area contributed by atoms with Crippen LogP contribution in [-0.4, -0.2) is 45.4 Å². The lowest BCUT2D eigenvalue weighted by Gasteiger charge is -2.10. The standard InChI is InChI=1S/C19H21NO7S/c1-26-19(23)15-5-3-6-16(18(15)22)20-17(21)7-4-12-27-13-8-10-14(11-9-13)28(2,24)25/h3,5-6,8-11,22H,4,7,12H2,1-2H3,(H,20,21). The highest BCUT2D eigenvalue weighted by molar-refractivity contribution is 7.90. The summed E-state index contributed by atoms with van der Waals surface area (Å²) >= 11 is 0. The number of hydrogen-bond donors (Lipinski definition) is 2. The molecule has 0 aliphatic heterocycles. The molecule has 28 heavy (non-hydrogen) atoms. The van der Waals surface area contributed by atoms with E-state index in [1.165, 1.54) is 37.4 Å². The summed E-state index contributed by atoms with van der Waals surface area (Å²) in [5, 5.41) is 12.6. The van der Waals surface area contributed by atoms with Crippen molar-refractivity contribution in [2.24, 2.45) is 0 Å². The number of hydrogen-bond acceptors (Lipinski definition) is 7. The van der Waals surface area contributed by atoms with Gasteiger partial charge in [-0.3, -0.25) is 4.79 Å². The molecular weight excluding hydrogens is 386 g/mol. The molecule has 9 heteroatoms. The summed E-state index contributed by atoms with van der Waals surface area (Å²) in [6.07, 6.45) is 1.65. The second kappa shape index (κ2) is 9.23. The molecule has 0 saturated carbocycles. The number of rotatable bonds is 8. The highest BCUT2D eigenvalue weighted by Crippen LogP contribution is 2.28. The Morgan fingerprint density at radius 2 is 1.79 bits per heavy atom. The second-order valence-electron chi connectivity index (χ2n) is 5.94. The van der Waals surface area contributed by atoms with Crippen molar-refractivity contribution in [1.82, 2.24) is 0 Å². The number of aromatic hydroxyl groups is 1. The van der Waals surface area contributed by atoms with Crippen LogP contribution in [0.4, 0.5) is 5.69 Å². The minimum atomic E-state index is -3.26. The fourth-order valence-electron chi connectivity index (χ4n) is 2.34. The predicted octanol–water partition coefficient (Wildman–Crippen LogP) is 2.38. The van der Waals surface area contributed by atoms with Gasteiger partial charge in [-0.2, -0.15) is 0 Å². The maximum atomic E-state index is 12.0. The first-order chi connectivity index (χ1) is 13.2. The quantitative estimate of drug-likeness (QED) is 0.392. The van der Waals surface area contributed by atoms with E-state index in [0.29, 0.717) is 12.2 Å². The molecule has 0 fully saturated rings. The van der Waals surface area contributed by atoms with Gasteiger partial charge in [-0.25, -0.2) is 13.2 Å². The lowest BCUT2D eigenvalue weighted by Crippen LogP contribution is -2.14. The highest BCUT2D eigenvalue weighted by Gasteiger charge is 2.16. The minimum absolute atomic E-state index is 0.0406. The van der Waals surface area contributed by atoms with Crippen molar-refractivity contribution >= 4 is 27.4 Å². The van der Waals surface area contributed by atoms with Crippen LogP contribution in [0.25, 0.3) is 0 Å². The SMILES string of the molecule is COC(=O)c1cccc(NC(=O)CCCOc2ccc(S(C)(=O)=O)cc2)c1O. The number of ether oxygens (including phenoxy) is 2. The molecule has 0 spiro atoms. The van der Waals surface area contributed by atoms with Gasteiger partial charge in [0.15, 0.2) is 15.6 Å².